The fraction of sp³-hybridized carbons (Fsp3) is 0.444. The summed E-state index contributed by atoms with van der Waals surface area (Å²) in [7, 11) is 0. The third kappa shape index (κ3) is 3.73. The van der Waals surface area contributed by atoms with Gasteiger partial charge < -0.3 is 14.9 Å². The zero-order valence-electron chi connectivity index (χ0n) is 18.0. The number of phenols is 2. The Bertz CT molecular complexity index is 1000. The molecule has 0 saturated heterocycles. The average Bonchev–Trinajstić information content (AvgIpc) is 2.72. The summed E-state index contributed by atoms with van der Waals surface area (Å²) in [6, 6.07) is 11.2. The van der Waals surface area contributed by atoms with Gasteiger partial charge in [0.2, 0.25) is 0 Å². The number of hydrogen-bond donors (Lipinski definition) is 2. The molecule has 0 unspecified atom stereocenters. The third-order valence-corrected chi connectivity index (χ3v) is 7.64. The number of esters is 1. The molecular weight excluding hydrogens is 388 g/mol. The highest BCUT2D eigenvalue weighted by Crippen LogP contribution is 2.62. The van der Waals surface area contributed by atoms with Crippen LogP contribution in [0.25, 0.3) is 17.2 Å². The van der Waals surface area contributed by atoms with Crippen molar-refractivity contribution in [1.29, 1.82) is 0 Å². The first kappa shape index (κ1) is 20.2. The van der Waals surface area contributed by atoms with Gasteiger partial charge in [0.25, 0.3) is 0 Å². The predicted molar refractivity (Wildman–Crippen MR) is 121 cm³/mol. The number of carbonyl (C=O) groups excluding carboxylic acids is 1. The molecule has 2 aromatic carbocycles. The van der Waals surface area contributed by atoms with Gasteiger partial charge in [0.1, 0.15) is 11.5 Å². The second-order valence-electron chi connectivity index (χ2n) is 9.79. The zero-order chi connectivity index (χ0) is 21.6. The fourth-order valence-corrected chi connectivity index (χ4v) is 6.82. The van der Waals surface area contributed by atoms with Crippen molar-refractivity contribution >= 4 is 12.0 Å². The Morgan fingerprint density at radius 2 is 1.68 bits per heavy atom. The highest BCUT2D eigenvalue weighted by atomic mass is 16.5. The van der Waals surface area contributed by atoms with Gasteiger partial charge in [-0.25, -0.2) is 4.79 Å². The number of aromatic hydroxyl groups is 2. The minimum atomic E-state index is -0.398. The van der Waals surface area contributed by atoms with Crippen LogP contribution in [0.4, 0.5) is 0 Å². The second kappa shape index (κ2) is 7.74. The van der Waals surface area contributed by atoms with Crippen LogP contribution in [0.2, 0.25) is 0 Å². The number of carbonyl (C=O) groups is 1. The molecule has 0 spiro atoms. The van der Waals surface area contributed by atoms with Crippen LogP contribution in [0.15, 0.2) is 42.5 Å². The summed E-state index contributed by atoms with van der Waals surface area (Å²) in [5.74, 6) is 2.55. The Kier molecular flexibility index (Phi) is 5.04. The van der Waals surface area contributed by atoms with Crippen molar-refractivity contribution in [3.63, 3.8) is 0 Å². The Hall–Kier alpha value is -2.75. The van der Waals surface area contributed by atoms with Crippen LogP contribution in [0.5, 0.6) is 11.5 Å². The van der Waals surface area contributed by atoms with E-state index in [2.05, 4.69) is 6.07 Å². The summed E-state index contributed by atoms with van der Waals surface area (Å²) in [6.45, 7) is 2.10. The first-order valence-electron chi connectivity index (χ1n) is 11.5. The Morgan fingerprint density at radius 3 is 2.29 bits per heavy atom. The molecule has 0 amide bonds. The van der Waals surface area contributed by atoms with E-state index in [9.17, 15) is 15.0 Å². The lowest BCUT2D eigenvalue weighted by Crippen LogP contribution is -2.48. The number of hydrogen-bond acceptors (Lipinski definition) is 4. The number of ether oxygens (including phenoxy) is 1. The lowest BCUT2D eigenvalue weighted by atomic mass is 9.48. The van der Waals surface area contributed by atoms with Crippen molar-refractivity contribution in [2.24, 2.45) is 17.8 Å². The van der Waals surface area contributed by atoms with Crippen molar-refractivity contribution in [3.8, 4) is 22.6 Å². The molecule has 4 fully saturated rings. The van der Waals surface area contributed by atoms with E-state index in [4.69, 9.17) is 4.74 Å². The van der Waals surface area contributed by atoms with E-state index in [0.717, 1.165) is 40.0 Å². The van der Waals surface area contributed by atoms with E-state index in [1.165, 1.54) is 44.6 Å². The molecule has 0 heterocycles. The molecule has 4 heteroatoms. The molecule has 0 aliphatic heterocycles. The van der Waals surface area contributed by atoms with Crippen molar-refractivity contribution in [1.82, 2.24) is 0 Å². The summed E-state index contributed by atoms with van der Waals surface area (Å²) in [6.07, 6.45) is 10.6. The van der Waals surface area contributed by atoms with E-state index in [0.29, 0.717) is 12.4 Å². The normalized spacial score (nSPS) is 28.9. The van der Waals surface area contributed by atoms with Gasteiger partial charge in [-0.1, -0.05) is 18.2 Å². The van der Waals surface area contributed by atoms with Crippen LogP contribution in [0, 0.1) is 17.8 Å². The highest BCUT2D eigenvalue weighted by Gasteiger charge is 2.52. The second-order valence-corrected chi connectivity index (χ2v) is 9.79. The Labute approximate surface area is 183 Å². The van der Waals surface area contributed by atoms with Gasteiger partial charge in [-0.2, -0.15) is 0 Å². The molecule has 2 N–H and O–H groups in total. The molecule has 6 rings (SSSR count). The minimum Gasteiger partial charge on any atom is -0.508 e. The summed E-state index contributed by atoms with van der Waals surface area (Å²) in [5.41, 5.74) is 3.54. The molecule has 0 radical (unpaired) electrons. The third-order valence-electron chi connectivity index (χ3n) is 7.64. The first-order chi connectivity index (χ1) is 15.0. The molecule has 0 aromatic heterocycles. The maximum atomic E-state index is 11.5. The van der Waals surface area contributed by atoms with Crippen LogP contribution in [0.3, 0.4) is 0 Å². The van der Waals surface area contributed by atoms with Gasteiger partial charge in [-0.3, -0.25) is 0 Å². The van der Waals surface area contributed by atoms with Gasteiger partial charge in [0.05, 0.1) is 6.61 Å². The number of rotatable bonds is 5. The molecule has 162 valence electrons. The molecule has 0 atom stereocenters. The SMILES string of the molecule is CCOC(=O)/C=C/c1ccc(-c2ccc(O)c(C34CC5CC(CC(C5)C3)C4)c2)c(O)c1. The van der Waals surface area contributed by atoms with Crippen LogP contribution in [-0.2, 0) is 14.9 Å². The maximum Gasteiger partial charge on any atom is 0.330 e. The number of benzene rings is 2. The van der Waals surface area contributed by atoms with E-state index in [-0.39, 0.29) is 11.2 Å². The monoisotopic (exact) mass is 418 g/mol. The fourth-order valence-electron chi connectivity index (χ4n) is 6.82. The molecular formula is C27H30O4. The average molecular weight is 419 g/mol. The molecule has 4 nitrogen and oxygen atoms in total. The summed E-state index contributed by atoms with van der Waals surface area (Å²) in [5, 5.41) is 21.5. The lowest BCUT2D eigenvalue weighted by molar-refractivity contribution is -0.137. The standard InChI is InChI=1S/C27H30O4/c1-2-31-26(30)8-4-17-3-6-22(25(29)12-17)21-5-7-24(28)23(13-21)27-14-18-9-19(15-27)11-20(10-18)16-27/h3-8,12-13,18-20,28-29H,2,9-11,14-16H2,1H3/b8-4+. The summed E-state index contributed by atoms with van der Waals surface area (Å²) < 4.78 is 4.90. The zero-order valence-corrected chi connectivity index (χ0v) is 18.0. The van der Waals surface area contributed by atoms with Crippen molar-refractivity contribution in [2.45, 2.75) is 50.9 Å². The highest BCUT2D eigenvalue weighted by molar-refractivity contribution is 5.87. The lowest BCUT2D eigenvalue weighted by Gasteiger charge is -2.57. The van der Waals surface area contributed by atoms with Crippen LogP contribution >= 0.6 is 0 Å². The maximum absolute atomic E-state index is 11.5. The van der Waals surface area contributed by atoms with Crippen LogP contribution in [0.1, 0.15) is 56.6 Å². The molecule has 2 aromatic rings. The topological polar surface area (TPSA) is 66.8 Å². The van der Waals surface area contributed by atoms with Crippen LogP contribution < -0.4 is 0 Å². The van der Waals surface area contributed by atoms with E-state index in [1.54, 1.807) is 25.1 Å². The number of phenolic OH excluding ortho intramolecular Hbond substituents is 2. The Balaban J connectivity index is 1.45. The smallest absolute Gasteiger partial charge is 0.330 e. The van der Waals surface area contributed by atoms with Gasteiger partial charge in [-0.05, 0) is 104 Å². The van der Waals surface area contributed by atoms with Crippen molar-refractivity contribution < 1.29 is 19.7 Å². The molecule has 4 aliphatic rings. The predicted octanol–water partition coefficient (Wildman–Crippen LogP) is 5.81. The largest absolute Gasteiger partial charge is 0.508 e. The van der Waals surface area contributed by atoms with E-state index >= 15 is 0 Å². The molecule has 4 aliphatic carbocycles. The molecule has 31 heavy (non-hydrogen) atoms. The first-order valence-corrected chi connectivity index (χ1v) is 11.5. The molecule has 4 saturated carbocycles. The summed E-state index contributed by atoms with van der Waals surface area (Å²) in [4.78, 5) is 11.5. The quantitative estimate of drug-likeness (QED) is 0.475. The van der Waals surface area contributed by atoms with Gasteiger partial charge in [-0.15, -0.1) is 0 Å². The van der Waals surface area contributed by atoms with Crippen molar-refractivity contribution in [3.05, 3.63) is 53.6 Å². The molecule has 4 bridgehead atoms. The van der Waals surface area contributed by atoms with Gasteiger partial charge in [0, 0.05) is 17.2 Å². The summed E-state index contributed by atoms with van der Waals surface area (Å²) >= 11 is 0. The minimum absolute atomic E-state index is 0.0901. The van der Waals surface area contributed by atoms with Gasteiger partial charge >= 0.3 is 5.97 Å². The van der Waals surface area contributed by atoms with Gasteiger partial charge in [0.15, 0.2) is 0 Å². The van der Waals surface area contributed by atoms with Crippen LogP contribution in [-0.4, -0.2) is 22.8 Å². The van der Waals surface area contributed by atoms with E-state index in [1.807, 2.05) is 18.2 Å². The van der Waals surface area contributed by atoms with Crippen molar-refractivity contribution in [2.75, 3.05) is 6.61 Å². The van der Waals surface area contributed by atoms with E-state index < -0.39 is 5.97 Å². The Morgan fingerprint density at radius 1 is 1.00 bits per heavy atom.